The van der Waals surface area contributed by atoms with Crippen LogP contribution in [0.2, 0.25) is 0 Å². The third-order valence-electron chi connectivity index (χ3n) is 3.93. The lowest BCUT2D eigenvalue weighted by Gasteiger charge is -2.24. The molecule has 0 aromatic carbocycles. The second-order valence-electron chi connectivity index (χ2n) is 5.80. The van der Waals surface area contributed by atoms with Crippen molar-refractivity contribution in [3.63, 3.8) is 0 Å². The van der Waals surface area contributed by atoms with E-state index in [4.69, 9.17) is 0 Å². The highest BCUT2D eigenvalue weighted by molar-refractivity contribution is 5.16. The summed E-state index contributed by atoms with van der Waals surface area (Å²) in [5.41, 5.74) is 4.84. The predicted octanol–water partition coefficient (Wildman–Crippen LogP) is 3.41. The average molecular weight is 283 g/mol. The zero-order chi connectivity index (χ0) is 15.2. The van der Waals surface area contributed by atoms with E-state index in [9.17, 15) is 0 Å². The summed E-state index contributed by atoms with van der Waals surface area (Å²) in [6, 6.07) is 8.94. The Labute approximate surface area is 128 Å². The summed E-state index contributed by atoms with van der Waals surface area (Å²) < 4.78 is 0. The van der Waals surface area contributed by atoms with Crippen molar-refractivity contribution in [2.24, 2.45) is 0 Å². The fourth-order valence-electron chi connectivity index (χ4n) is 2.34. The molecule has 0 saturated carbocycles. The Morgan fingerprint density at radius 2 is 1.95 bits per heavy atom. The smallest absolute Gasteiger partial charge is 0.0544 e. The van der Waals surface area contributed by atoms with Crippen LogP contribution >= 0.6 is 0 Å². The van der Waals surface area contributed by atoms with Gasteiger partial charge in [-0.05, 0) is 56.6 Å². The van der Waals surface area contributed by atoms with Crippen molar-refractivity contribution in [3.8, 4) is 0 Å². The number of aromatic nitrogens is 2. The second kappa shape index (κ2) is 7.32. The van der Waals surface area contributed by atoms with Crippen LogP contribution in [0.1, 0.15) is 36.4 Å². The van der Waals surface area contributed by atoms with E-state index in [2.05, 4.69) is 60.9 Å². The molecule has 0 bridgehead atoms. The number of hydrogen-bond acceptors (Lipinski definition) is 3. The summed E-state index contributed by atoms with van der Waals surface area (Å²) in [6.07, 6.45) is 5.88. The highest BCUT2D eigenvalue weighted by Gasteiger charge is 2.12. The van der Waals surface area contributed by atoms with E-state index in [0.29, 0.717) is 6.04 Å². The van der Waals surface area contributed by atoms with Crippen LogP contribution in [0, 0.1) is 6.92 Å². The van der Waals surface area contributed by atoms with Gasteiger partial charge in [-0.25, -0.2) is 0 Å². The van der Waals surface area contributed by atoms with Gasteiger partial charge in [0.25, 0.3) is 0 Å². The summed E-state index contributed by atoms with van der Waals surface area (Å²) in [5, 5.41) is 0. The molecule has 0 aliphatic heterocycles. The molecule has 0 fully saturated rings. The van der Waals surface area contributed by atoms with E-state index >= 15 is 0 Å². The summed E-state index contributed by atoms with van der Waals surface area (Å²) >= 11 is 0. The summed E-state index contributed by atoms with van der Waals surface area (Å²) in [4.78, 5) is 11.3. The molecule has 0 unspecified atom stereocenters. The fraction of sp³-hybridized carbons (Fsp3) is 0.444. The number of hydrogen-bond donors (Lipinski definition) is 0. The maximum Gasteiger partial charge on any atom is 0.0544 e. The van der Waals surface area contributed by atoms with E-state index in [0.717, 1.165) is 30.8 Å². The minimum absolute atomic E-state index is 0.437. The van der Waals surface area contributed by atoms with Crippen LogP contribution in [-0.2, 0) is 19.4 Å². The van der Waals surface area contributed by atoms with Crippen LogP contribution in [0.25, 0.3) is 0 Å². The first-order valence-electron chi connectivity index (χ1n) is 7.64. The first-order valence-corrected chi connectivity index (χ1v) is 7.64. The van der Waals surface area contributed by atoms with Crippen LogP contribution in [0.15, 0.2) is 36.7 Å². The van der Waals surface area contributed by atoms with Crippen molar-refractivity contribution in [1.29, 1.82) is 0 Å². The van der Waals surface area contributed by atoms with Gasteiger partial charge in [0.1, 0.15) is 0 Å². The van der Waals surface area contributed by atoms with Crippen LogP contribution in [0.3, 0.4) is 0 Å². The molecule has 21 heavy (non-hydrogen) atoms. The van der Waals surface area contributed by atoms with Gasteiger partial charge in [-0.2, -0.15) is 0 Å². The largest absolute Gasteiger partial charge is 0.297 e. The molecule has 0 aliphatic rings. The van der Waals surface area contributed by atoms with Gasteiger partial charge < -0.3 is 0 Å². The average Bonchev–Trinajstić information content (AvgIpc) is 2.48. The van der Waals surface area contributed by atoms with Crippen molar-refractivity contribution >= 4 is 0 Å². The molecule has 1 atom stereocenters. The lowest BCUT2D eigenvalue weighted by atomic mass is 10.1. The Hall–Kier alpha value is -1.74. The first kappa shape index (κ1) is 15.6. The molecule has 2 heterocycles. The minimum Gasteiger partial charge on any atom is -0.297 e. The molecule has 2 aromatic rings. The third kappa shape index (κ3) is 4.64. The summed E-state index contributed by atoms with van der Waals surface area (Å²) in [5.74, 6) is 0. The summed E-state index contributed by atoms with van der Waals surface area (Å²) in [6.45, 7) is 7.37. The van der Waals surface area contributed by atoms with Crippen LogP contribution < -0.4 is 0 Å². The molecular formula is C18H25N3. The molecule has 0 N–H and O–H groups in total. The van der Waals surface area contributed by atoms with Gasteiger partial charge in [-0.1, -0.05) is 13.0 Å². The van der Waals surface area contributed by atoms with E-state index in [1.54, 1.807) is 0 Å². The van der Waals surface area contributed by atoms with E-state index in [1.165, 1.54) is 11.1 Å². The molecule has 3 heteroatoms. The van der Waals surface area contributed by atoms with Crippen molar-refractivity contribution in [1.82, 2.24) is 14.9 Å². The number of pyridine rings is 2. The van der Waals surface area contributed by atoms with Gasteiger partial charge in [0.05, 0.1) is 5.69 Å². The molecule has 3 nitrogen and oxygen atoms in total. The van der Waals surface area contributed by atoms with Crippen molar-refractivity contribution in [2.75, 3.05) is 7.05 Å². The van der Waals surface area contributed by atoms with Gasteiger partial charge in [-0.15, -0.1) is 0 Å². The highest BCUT2D eigenvalue weighted by atomic mass is 15.1. The normalized spacial score (nSPS) is 12.6. The maximum absolute atomic E-state index is 4.54. The molecule has 2 aromatic heterocycles. The molecule has 2 rings (SSSR count). The van der Waals surface area contributed by atoms with Crippen molar-refractivity contribution < 1.29 is 0 Å². The van der Waals surface area contributed by atoms with Gasteiger partial charge >= 0.3 is 0 Å². The Morgan fingerprint density at radius 3 is 2.57 bits per heavy atom. The Balaban J connectivity index is 1.93. The Bertz CT molecular complexity index is 563. The Morgan fingerprint density at radius 1 is 1.14 bits per heavy atom. The highest BCUT2D eigenvalue weighted by Crippen LogP contribution is 2.10. The minimum atomic E-state index is 0.437. The SMILES string of the molecule is CCc1ccc(CN(C)[C@@H](C)Cc2cc(C)ccn2)nc1. The fourth-order valence-corrected chi connectivity index (χ4v) is 2.34. The third-order valence-corrected chi connectivity index (χ3v) is 3.93. The number of nitrogens with zero attached hydrogens (tertiary/aromatic N) is 3. The zero-order valence-electron chi connectivity index (χ0n) is 13.5. The van der Waals surface area contributed by atoms with Gasteiger partial charge in [-0.3, -0.25) is 14.9 Å². The monoisotopic (exact) mass is 283 g/mol. The molecule has 112 valence electrons. The topological polar surface area (TPSA) is 29.0 Å². The van der Waals surface area contributed by atoms with Gasteiger partial charge in [0.2, 0.25) is 0 Å². The zero-order valence-corrected chi connectivity index (χ0v) is 13.5. The van der Waals surface area contributed by atoms with Crippen molar-refractivity contribution in [3.05, 3.63) is 59.2 Å². The molecule has 0 spiro atoms. The number of likely N-dealkylation sites (N-methyl/N-ethyl adjacent to an activating group) is 1. The quantitative estimate of drug-likeness (QED) is 0.813. The van der Waals surface area contributed by atoms with Crippen LogP contribution in [0.5, 0.6) is 0 Å². The van der Waals surface area contributed by atoms with Gasteiger partial charge in [0.15, 0.2) is 0 Å². The number of rotatable bonds is 6. The summed E-state index contributed by atoms with van der Waals surface area (Å²) in [7, 11) is 2.15. The van der Waals surface area contributed by atoms with E-state index in [1.807, 2.05) is 18.5 Å². The molecular weight excluding hydrogens is 258 g/mol. The lowest BCUT2D eigenvalue weighted by Crippen LogP contribution is -2.31. The Kier molecular flexibility index (Phi) is 5.45. The molecule has 0 saturated heterocycles. The molecule has 0 radical (unpaired) electrons. The van der Waals surface area contributed by atoms with Crippen molar-refractivity contribution in [2.45, 2.75) is 46.2 Å². The second-order valence-corrected chi connectivity index (χ2v) is 5.80. The van der Waals surface area contributed by atoms with E-state index in [-0.39, 0.29) is 0 Å². The molecule has 0 amide bonds. The van der Waals surface area contributed by atoms with E-state index < -0.39 is 0 Å². The van der Waals surface area contributed by atoms with Crippen LogP contribution in [0.4, 0.5) is 0 Å². The van der Waals surface area contributed by atoms with Crippen LogP contribution in [-0.4, -0.2) is 28.0 Å². The van der Waals surface area contributed by atoms with Gasteiger partial charge in [0, 0.05) is 37.1 Å². The maximum atomic E-state index is 4.54. The first-order chi connectivity index (χ1) is 10.1. The number of aryl methyl sites for hydroxylation is 2. The predicted molar refractivity (Wildman–Crippen MR) is 87.2 cm³/mol. The standard InChI is InChI=1S/C18H25N3/c1-5-16-6-7-17(20-12-16)13-21(4)15(3)11-18-10-14(2)8-9-19-18/h6-10,12,15H,5,11,13H2,1-4H3/t15-/m0/s1. The lowest BCUT2D eigenvalue weighted by molar-refractivity contribution is 0.244. The molecule has 0 aliphatic carbocycles.